The highest BCUT2D eigenvalue weighted by molar-refractivity contribution is 5.97. The molecule has 3 heterocycles. The van der Waals surface area contributed by atoms with Crippen LogP contribution in [0.4, 0.5) is 0 Å². The Morgan fingerprint density at radius 3 is 2.88 bits per heavy atom. The fourth-order valence-electron chi connectivity index (χ4n) is 2.75. The number of rotatable bonds is 2. The van der Waals surface area contributed by atoms with E-state index in [-0.39, 0.29) is 11.5 Å². The van der Waals surface area contributed by atoms with Gasteiger partial charge in [-0.3, -0.25) is 14.9 Å². The van der Waals surface area contributed by atoms with Crippen LogP contribution < -0.4 is 5.56 Å². The Bertz CT molecular complexity index is 1150. The van der Waals surface area contributed by atoms with Gasteiger partial charge in [0.05, 0.1) is 36.3 Å². The lowest BCUT2D eigenvalue weighted by molar-refractivity contribution is 0.401. The topological polar surface area (TPSA) is 101 Å². The molecule has 0 saturated carbocycles. The monoisotopic (exact) mass is 322 g/mol. The Balaban J connectivity index is 1.95. The van der Waals surface area contributed by atoms with E-state index in [1.54, 1.807) is 10.9 Å². The average molecular weight is 322 g/mol. The summed E-state index contributed by atoms with van der Waals surface area (Å²) < 4.78 is 7.95. The summed E-state index contributed by atoms with van der Waals surface area (Å²) in [5.74, 6) is -0.0551. The van der Waals surface area contributed by atoms with E-state index in [0.29, 0.717) is 16.9 Å². The SMILES string of the molecule is COC(=N)c1cnn2c(=O)cc(-c3ccc4c(cnn4C)c3)[nH]c12. The van der Waals surface area contributed by atoms with Gasteiger partial charge in [0, 0.05) is 18.5 Å². The molecule has 0 aliphatic rings. The minimum absolute atomic E-state index is 0.0551. The van der Waals surface area contributed by atoms with Crippen molar-refractivity contribution >= 4 is 22.4 Å². The molecule has 2 N–H and O–H groups in total. The van der Waals surface area contributed by atoms with Crippen molar-refractivity contribution in [3.05, 3.63) is 52.6 Å². The lowest BCUT2D eigenvalue weighted by Crippen LogP contribution is -2.15. The zero-order valence-corrected chi connectivity index (χ0v) is 13.1. The van der Waals surface area contributed by atoms with E-state index in [2.05, 4.69) is 15.2 Å². The largest absolute Gasteiger partial charge is 0.481 e. The van der Waals surface area contributed by atoms with Crippen molar-refractivity contribution in [1.29, 1.82) is 5.41 Å². The van der Waals surface area contributed by atoms with Crippen molar-refractivity contribution < 1.29 is 4.74 Å². The van der Waals surface area contributed by atoms with E-state index in [0.717, 1.165) is 16.5 Å². The van der Waals surface area contributed by atoms with Crippen LogP contribution in [0.1, 0.15) is 5.56 Å². The number of nitrogens with one attached hydrogen (secondary N) is 2. The highest BCUT2D eigenvalue weighted by atomic mass is 16.5. The molecular weight excluding hydrogens is 308 g/mol. The maximum absolute atomic E-state index is 12.3. The molecule has 4 aromatic rings. The van der Waals surface area contributed by atoms with Crippen molar-refractivity contribution in [1.82, 2.24) is 24.4 Å². The number of fused-ring (bicyclic) bond motifs is 2. The van der Waals surface area contributed by atoms with Crippen molar-refractivity contribution in [2.75, 3.05) is 7.11 Å². The standard InChI is InChI=1S/C16H14N6O2/c1-21-13-4-3-9(5-10(13)7-18-21)12-6-14(23)22-16(20-12)11(8-19-22)15(17)24-2/h3-8,17,20H,1-2H3. The van der Waals surface area contributed by atoms with Gasteiger partial charge in [-0.1, -0.05) is 6.07 Å². The third-order valence-corrected chi connectivity index (χ3v) is 4.00. The van der Waals surface area contributed by atoms with Crippen LogP contribution in [0.2, 0.25) is 0 Å². The molecule has 24 heavy (non-hydrogen) atoms. The third kappa shape index (κ3) is 2.00. The van der Waals surface area contributed by atoms with E-state index in [1.807, 2.05) is 25.2 Å². The Labute approximate surface area is 135 Å². The van der Waals surface area contributed by atoms with Crippen LogP contribution in [0.25, 0.3) is 27.8 Å². The molecule has 0 amide bonds. The first-order chi connectivity index (χ1) is 11.6. The van der Waals surface area contributed by atoms with Crippen molar-refractivity contribution in [2.24, 2.45) is 7.05 Å². The zero-order valence-electron chi connectivity index (χ0n) is 13.1. The fourth-order valence-corrected chi connectivity index (χ4v) is 2.75. The van der Waals surface area contributed by atoms with E-state index in [1.165, 1.54) is 23.9 Å². The molecule has 0 spiro atoms. The number of hydrogen-bond acceptors (Lipinski definition) is 5. The summed E-state index contributed by atoms with van der Waals surface area (Å²) in [5.41, 5.74) is 3.08. The summed E-state index contributed by atoms with van der Waals surface area (Å²) in [4.78, 5) is 15.5. The molecule has 0 aliphatic carbocycles. The summed E-state index contributed by atoms with van der Waals surface area (Å²) >= 11 is 0. The van der Waals surface area contributed by atoms with Crippen LogP contribution in [0, 0.1) is 5.41 Å². The Kier molecular flexibility index (Phi) is 2.99. The number of ether oxygens (including phenoxy) is 1. The number of aromatic nitrogens is 5. The summed E-state index contributed by atoms with van der Waals surface area (Å²) in [6, 6.07) is 7.32. The molecule has 8 nitrogen and oxygen atoms in total. The highest BCUT2D eigenvalue weighted by Crippen LogP contribution is 2.23. The highest BCUT2D eigenvalue weighted by Gasteiger charge is 2.14. The predicted octanol–water partition coefficient (Wildman–Crippen LogP) is 1.55. The summed E-state index contributed by atoms with van der Waals surface area (Å²) in [5, 5.41) is 17.0. The van der Waals surface area contributed by atoms with Gasteiger partial charge in [-0.05, 0) is 17.7 Å². The minimum atomic E-state index is -0.278. The van der Waals surface area contributed by atoms with Gasteiger partial charge in [0.1, 0.15) is 5.65 Å². The van der Waals surface area contributed by atoms with Gasteiger partial charge in [-0.15, -0.1) is 0 Å². The smallest absolute Gasteiger partial charge is 0.274 e. The van der Waals surface area contributed by atoms with Gasteiger partial charge in [-0.2, -0.15) is 14.7 Å². The molecule has 0 radical (unpaired) electrons. The molecule has 1 aromatic carbocycles. The molecule has 4 rings (SSSR count). The molecular formula is C16H14N6O2. The number of benzene rings is 1. The Morgan fingerprint density at radius 1 is 1.25 bits per heavy atom. The van der Waals surface area contributed by atoms with Crippen LogP contribution in [0.5, 0.6) is 0 Å². The Hall–Kier alpha value is -3.42. The summed E-state index contributed by atoms with van der Waals surface area (Å²) in [7, 11) is 3.29. The van der Waals surface area contributed by atoms with Crippen LogP contribution in [-0.2, 0) is 11.8 Å². The number of methoxy groups -OCH3 is 1. The van der Waals surface area contributed by atoms with Crippen LogP contribution >= 0.6 is 0 Å². The summed E-state index contributed by atoms with van der Waals surface area (Å²) in [6.45, 7) is 0. The van der Waals surface area contributed by atoms with Gasteiger partial charge in [0.2, 0.25) is 5.90 Å². The maximum Gasteiger partial charge on any atom is 0.274 e. The number of nitrogens with zero attached hydrogens (tertiary/aromatic N) is 4. The zero-order chi connectivity index (χ0) is 16.8. The van der Waals surface area contributed by atoms with Crippen LogP contribution in [0.15, 0.2) is 41.5 Å². The fraction of sp³-hybridized carbons (Fsp3) is 0.125. The summed E-state index contributed by atoms with van der Waals surface area (Å²) in [6.07, 6.45) is 3.22. The third-order valence-electron chi connectivity index (χ3n) is 4.00. The number of hydrogen-bond donors (Lipinski definition) is 2. The van der Waals surface area contributed by atoms with E-state index < -0.39 is 0 Å². The van der Waals surface area contributed by atoms with E-state index >= 15 is 0 Å². The first-order valence-electron chi connectivity index (χ1n) is 7.24. The van der Waals surface area contributed by atoms with Crippen molar-refractivity contribution in [3.63, 3.8) is 0 Å². The predicted molar refractivity (Wildman–Crippen MR) is 89.4 cm³/mol. The molecule has 3 aromatic heterocycles. The lowest BCUT2D eigenvalue weighted by Gasteiger charge is -2.05. The molecule has 0 aliphatic heterocycles. The van der Waals surface area contributed by atoms with Crippen molar-refractivity contribution in [3.8, 4) is 11.3 Å². The molecule has 0 bridgehead atoms. The maximum atomic E-state index is 12.3. The van der Waals surface area contributed by atoms with Gasteiger partial charge < -0.3 is 9.72 Å². The first kappa shape index (κ1) is 14.2. The minimum Gasteiger partial charge on any atom is -0.481 e. The van der Waals surface area contributed by atoms with Crippen molar-refractivity contribution in [2.45, 2.75) is 0 Å². The van der Waals surface area contributed by atoms with Crippen LogP contribution in [-0.4, -0.2) is 37.4 Å². The molecule has 120 valence electrons. The quantitative estimate of drug-likeness (QED) is 0.432. The second kappa shape index (κ2) is 5.05. The van der Waals surface area contributed by atoms with E-state index in [9.17, 15) is 4.79 Å². The number of aromatic amines is 1. The lowest BCUT2D eigenvalue weighted by atomic mass is 10.1. The Morgan fingerprint density at radius 2 is 2.08 bits per heavy atom. The van der Waals surface area contributed by atoms with Gasteiger partial charge in [0.15, 0.2) is 0 Å². The first-order valence-corrected chi connectivity index (χ1v) is 7.24. The van der Waals surface area contributed by atoms with Gasteiger partial charge in [-0.25, -0.2) is 0 Å². The second-order valence-electron chi connectivity index (χ2n) is 5.41. The number of H-pyrrole nitrogens is 1. The molecule has 0 saturated heterocycles. The average Bonchev–Trinajstić information content (AvgIpc) is 3.18. The van der Waals surface area contributed by atoms with E-state index in [4.69, 9.17) is 10.1 Å². The van der Waals surface area contributed by atoms with Gasteiger partial charge >= 0.3 is 0 Å². The van der Waals surface area contributed by atoms with Gasteiger partial charge in [0.25, 0.3) is 5.56 Å². The van der Waals surface area contributed by atoms with Crippen LogP contribution in [0.3, 0.4) is 0 Å². The second-order valence-corrected chi connectivity index (χ2v) is 5.41. The molecule has 0 atom stereocenters. The molecule has 8 heteroatoms. The normalized spacial score (nSPS) is 11.2. The molecule has 0 unspecified atom stereocenters. The molecule has 0 fully saturated rings. The number of aryl methyl sites for hydroxylation is 1.